The van der Waals surface area contributed by atoms with Crippen molar-refractivity contribution in [2.24, 2.45) is 0 Å². The number of hydrogen-bond acceptors (Lipinski definition) is 20. The Morgan fingerprint density at radius 3 is 1.96 bits per heavy atom. The molecule has 15 atom stereocenters. The fourth-order valence-electron chi connectivity index (χ4n) is 6.27. The number of hydrogen-bond donors (Lipinski definition) is 12. The third-order valence-electron chi connectivity index (χ3n) is 9.30. The van der Waals surface area contributed by atoms with Crippen LogP contribution in [0.4, 0.5) is 0 Å². The third kappa shape index (κ3) is 7.52. The summed E-state index contributed by atoms with van der Waals surface area (Å²) in [6, 6.07) is 7.18. The molecule has 0 saturated carbocycles. The molecule has 3 aliphatic heterocycles. The maximum Gasteiger partial charge on any atom is 0.239 e. The van der Waals surface area contributed by atoms with Crippen molar-refractivity contribution in [3.63, 3.8) is 0 Å². The summed E-state index contributed by atoms with van der Waals surface area (Å²) in [6.45, 7) is -0.0799. The van der Waals surface area contributed by atoms with E-state index in [0.29, 0.717) is 0 Å². The van der Waals surface area contributed by atoms with Gasteiger partial charge in [-0.1, -0.05) is 0 Å². The average molecular weight is 757 g/mol. The molecule has 3 saturated heterocycles. The number of phenols is 3. The minimum atomic E-state index is -2.00. The monoisotopic (exact) mass is 756 g/mol. The van der Waals surface area contributed by atoms with Gasteiger partial charge in [0.2, 0.25) is 17.5 Å². The van der Waals surface area contributed by atoms with Gasteiger partial charge in [0.05, 0.1) is 19.3 Å². The standard InChI is InChI=1S/C33H40O20/c1-10-19(38)29(52-32-25(44)23(42)20(39)16(8-34)50-32)27(46)31(48-10)47-9-17-21(40)24(43)26(45)33(51-17)53-30-22(41)18-14(37)6-13(36)7-15(18)49-28(30)11-2-4-12(35)5-3-11/h2-7,10,16-17,19-21,23-27,29,31-40,42-46H,8-9H2,1H3/t10-,16+,17-,19-,20+,21-,23-,24+,25+,26-,27+,29-,31+,32-,33-/m0/s1. The van der Waals surface area contributed by atoms with E-state index >= 15 is 0 Å². The molecule has 20 nitrogen and oxygen atoms in total. The molecule has 0 unspecified atom stereocenters. The van der Waals surface area contributed by atoms with Crippen LogP contribution in [0.2, 0.25) is 0 Å². The number of rotatable bonds is 9. The lowest BCUT2D eigenvalue weighted by atomic mass is 9.97. The lowest BCUT2D eigenvalue weighted by molar-refractivity contribution is -0.361. The highest BCUT2D eigenvalue weighted by molar-refractivity contribution is 5.88. The van der Waals surface area contributed by atoms with E-state index in [2.05, 4.69) is 0 Å². The zero-order valence-electron chi connectivity index (χ0n) is 27.7. The van der Waals surface area contributed by atoms with Gasteiger partial charge in [-0.25, -0.2) is 0 Å². The minimum Gasteiger partial charge on any atom is -0.508 e. The summed E-state index contributed by atoms with van der Waals surface area (Å²) in [5.41, 5.74) is -1.09. The van der Waals surface area contributed by atoms with E-state index in [9.17, 15) is 66.1 Å². The fraction of sp³-hybridized carbons (Fsp3) is 0.545. The Balaban J connectivity index is 1.22. The van der Waals surface area contributed by atoms with Crippen molar-refractivity contribution in [1.29, 1.82) is 0 Å². The molecular formula is C33H40O20. The molecule has 20 heteroatoms. The van der Waals surface area contributed by atoms with Crippen LogP contribution in [0.3, 0.4) is 0 Å². The van der Waals surface area contributed by atoms with Crippen LogP contribution in [0.15, 0.2) is 45.6 Å². The van der Waals surface area contributed by atoms with Gasteiger partial charge in [-0.3, -0.25) is 4.79 Å². The second kappa shape index (κ2) is 15.6. The summed E-state index contributed by atoms with van der Waals surface area (Å²) in [7, 11) is 0. The van der Waals surface area contributed by atoms with E-state index in [4.69, 9.17) is 32.8 Å². The summed E-state index contributed by atoms with van der Waals surface area (Å²) in [6.07, 6.45) is -25.6. The quantitative estimate of drug-likeness (QED) is 0.100. The number of aliphatic hydroxyl groups excluding tert-OH is 9. The van der Waals surface area contributed by atoms with Crippen LogP contribution in [0.25, 0.3) is 22.3 Å². The lowest BCUT2D eigenvalue weighted by Crippen LogP contribution is -2.64. The maximum atomic E-state index is 13.7. The molecule has 6 rings (SSSR count). The van der Waals surface area contributed by atoms with Crippen molar-refractivity contribution in [2.45, 2.75) is 99.0 Å². The van der Waals surface area contributed by atoms with Crippen LogP contribution < -0.4 is 10.2 Å². The molecule has 12 N–H and O–H groups in total. The van der Waals surface area contributed by atoms with Crippen molar-refractivity contribution >= 4 is 11.0 Å². The molecule has 0 aliphatic carbocycles. The van der Waals surface area contributed by atoms with Crippen LogP contribution in [-0.2, 0) is 23.7 Å². The van der Waals surface area contributed by atoms with Crippen LogP contribution >= 0.6 is 0 Å². The normalized spacial score (nSPS) is 37.8. The fourth-order valence-corrected chi connectivity index (χ4v) is 6.27. The number of ether oxygens (including phenoxy) is 6. The van der Waals surface area contributed by atoms with E-state index < -0.39 is 133 Å². The molecule has 2 aromatic carbocycles. The first kappa shape index (κ1) is 39.0. The highest BCUT2D eigenvalue weighted by Crippen LogP contribution is 2.38. The highest BCUT2D eigenvalue weighted by atomic mass is 16.7. The first-order chi connectivity index (χ1) is 25.1. The Morgan fingerprint density at radius 2 is 1.30 bits per heavy atom. The number of fused-ring (bicyclic) bond motifs is 1. The predicted molar refractivity (Wildman–Crippen MR) is 171 cm³/mol. The smallest absolute Gasteiger partial charge is 0.239 e. The van der Waals surface area contributed by atoms with Gasteiger partial charge in [-0.05, 0) is 31.2 Å². The van der Waals surface area contributed by atoms with Crippen LogP contribution in [0, 0.1) is 0 Å². The summed E-state index contributed by atoms with van der Waals surface area (Å²) < 4.78 is 39.4. The van der Waals surface area contributed by atoms with Crippen molar-refractivity contribution in [2.75, 3.05) is 13.2 Å². The van der Waals surface area contributed by atoms with Crippen molar-refractivity contribution < 1.29 is 94.1 Å². The maximum absolute atomic E-state index is 13.7. The highest BCUT2D eigenvalue weighted by Gasteiger charge is 2.51. The largest absolute Gasteiger partial charge is 0.508 e. The molecule has 1 aromatic heterocycles. The zero-order valence-corrected chi connectivity index (χ0v) is 27.7. The average Bonchev–Trinajstić information content (AvgIpc) is 3.12. The first-order valence-electron chi connectivity index (χ1n) is 16.4. The van der Waals surface area contributed by atoms with Gasteiger partial charge in [0.15, 0.2) is 18.3 Å². The molecule has 3 fully saturated rings. The Morgan fingerprint density at radius 1 is 0.679 bits per heavy atom. The number of aromatic hydroxyl groups is 3. The van der Waals surface area contributed by atoms with Crippen molar-refractivity contribution in [1.82, 2.24) is 0 Å². The molecular weight excluding hydrogens is 716 g/mol. The van der Waals surface area contributed by atoms with E-state index in [1.807, 2.05) is 0 Å². The first-order valence-corrected chi connectivity index (χ1v) is 16.4. The summed E-state index contributed by atoms with van der Waals surface area (Å²) >= 11 is 0. The molecule has 292 valence electrons. The topological polar surface area (TPSA) is 328 Å². The van der Waals surface area contributed by atoms with Crippen LogP contribution in [0.5, 0.6) is 23.0 Å². The zero-order chi connectivity index (χ0) is 38.5. The van der Waals surface area contributed by atoms with Gasteiger partial charge < -0.3 is 94.1 Å². The second-order valence-electron chi connectivity index (χ2n) is 12.9. The number of benzene rings is 2. The predicted octanol–water partition coefficient (Wildman–Crippen LogP) is -3.57. The van der Waals surface area contributed by atoms with Gasteiger partial charge in [0.1, 0.15) is 95.4 Å². The van der Waals surface area contributed by atoms with Crippen LogP contribution in [0.1, 0.15) is 6.92 Å². The van der Waals surface area contributed by atoms with Crippen LogP contribution in [-0.4, -0.2) is 167 Å². The van der Waals surface area contributed by atoms with Gasteiger partial charge in [-0.15, -0.1) is 0 Å². The lowest BCUT2D eigenvalue weighted by Gasteiger charge is -2.46. The van der Waals surface area contributed by atoms with E-state index in [1.54, 1.807) is 0 Å². The molecule has 0 amide bonds. The third-order valence-corrected chi connectivity index (χ3v) is 9.30. The number of phenolic OH excluding ortho intramolecular Hbond substituents is 3. The van der Waals surface area contributed by atoms with Crippen molar-refractivity contribution in [3.05, 3.63) is 46.6 Å². The molecule has 3 aromatic rings. The SMILES string of the molecule is C[C@@H]1O[C@@H](OC[C@@H]2O[C@@H](Oc3c(-c4ccc(O)cc4)oc4cc(O)cc(O)c4c3=O)[C@@H](O)[C@H](O)[C@H]2O)[C@H](O)[C@@H](O[C@@H]2O[C@H](CO)[C@@H](O)[C@H](O)[C@H]2O)[C@H]1O. The Bertz CT molecular complexity index is 1780. The molecule has 53 heavy (non-hydrogen) atoms. The van der Waals surface area contributed by atoms with Gasteiger partial charge in [-0.2, -0.15) is 0 Å². The van der Waals surface area contributed by atoms with E-state index in [0.717, 1.165) is 12.1 Å². The second-order valence-corrected chi connectivity index (χ2v) is 12.9. The molecule has 3 aliphatic rings. The summed E-state index contributed by atoms with van der Waals surface area (Å²) in [5.74, 6) is -2.19. The van der Waals surface area contributed by atoms with Crippen molar-refractivity contribution in [3.8, 4) is 34.3 Å². The number of aliphatic hydroxyl groups is 9. The van der Waals surface area contributed by atoms with E-state index in [-0.39, 0.29) is 22.7 Å². The van der Waals surface area contributed by atoms with Gasteiger partial charge in [0, 0.05) is 17.7 Å². The Labute approximate surface area is 298 Å². The molecule has 0 spiro atoms. The summed E-state index contributed by atoms with van der Waals surface area (Å²) in [4.78, 5) is 13.7. The summed E-state index contributed by atoms with van der Waals surface area (Å²) in [5, 5.41) is 124. The van der Waals surface area contributed by atoms with E-state index in [1.165, 1.54) is 31.2 Å². The minimum absolute atomic E-state index is 0.136. The Kier molecular flexibility index (Phi) is 11.5. The Hall–Kier alpha value is -3.71. The molecule has 0 bridgehead atoms. The molecule has 0 radical (unpaired) electrons. The van der Waals surface area contributed by atoms with Gasteiger partial charge in [0.25, 0.3) is 0 Å². The van der Waals surface area contributed by atoms with Gasteiger partial charge >= 0.3 is 0 Å². The molecule has 4 heterocycles.